The number of amides is 1. The zero-order valence-corrected chi connectivity index (χ0v) is 39.5. The lowest BCUT2D eigenvalue weighted by Crippen LogP contribution is -2.45. The first-order valence-electron chi connectivity index (χ1n) is 26.1. The number of esters is 1. The molecule has 0 bridgehead atoms. The number of nitrogens with one attached hydrogen (secondary N) is 1. The van der Waals surface area contributed by atoms with Crippen molar-refractivity contribution in [2.24, 2.45) is 0 Å². The first-order chi connectivity index (χ1) is 29.0. The number of carbonyl (C=O) groups is 2. The Morgan fingerprint density at radius 1 is 0.458 bits per heavy atom. The number of carbonyl (C=O) groups excluding carboxylic acids is 2. The standard InChI is InChI=1S/C53H101NO5/c1-3-5-7-9-11-13-15-17-22-25-29-33-37-41-45-51(56)50(49-55)54-52(57)46-42-38-34-30-26-23-20-18-19-21-24-28-32-36-40-44-48-59-53(58)47-43-39-35-31-27-16-14-12-10-8-6-4-2/h12,14,18,20,50-51,55-56H,3-11,13,15-17,19,21-49H2,1-2H3,(H,54,57)/b14-12-,20-18-. The van der Waals surface area contributed by atoms with E-state index < -0.39 is 12.1 Å². The minimum Gasteiger partial charge on any atom is -0.466 e. The highest BCUT2D eigenvalue weighted by molar-refractivity contribution is 5.76. The maximum absolute atomic E-state index is 12.4. The van der Waals surface area contributed by atoms with Crippen molar-refractivity contribution in [1.82, 2.24) is 5.32 Å². The molecule has 3 N–H and O–H groups in total. The van der Waals surface area contributed by atoms with E-state index in [1.54, 1.807) is 0 Å². The van der Waals surface area contributed by atoms with Gasteiger partial charge in [-0.2, -0.15) is 0 Å². The highest BCUT2D eigenvalue weighted by Gasteiger charge is 2.20. The fourth-order valence-corrected chi connectivity index (χ4v) is 7.92. The van der Waals surface area contributed by atoms with Crippen LogP contribution in [0.3, 0.4) is 0 Å². The molecular formula is C53H101NO5. The molecule has 0 aliphatic rings. The zero-order chi connectivity index (χ0) is 43.0. The zero-order valence-electron chi connectivity index (χ0n) is 39.5. The van der Waals surface area contributed by atoms with E-state index in [9.17, 15) is 19.8 Å². The van der Waals surface area contributed by atoms with Crippen molar-refractivity contribution in [2.45, 2.75) is 289 Å². The monoisotopic (exact) mass is 832 g/mol. The van der Waals surface area contributed by atoms with E-state index in [1.165, 1.54) is 180 Å². The summed E-state index contributed by atoms with van der Waals surface area (Å²) < 4.78 is 5.44. The molecule has 59 heavy (non-hydrogen) atoms. The molecule has 0 aromatic carbocycles. The lowest BCUT2D eigenvalue weighted by molar-refractivity contribution is -0.143. The lowest BCUT2D eigenvalue weighted by atomic mass is 10.0. The number of ether oxygens (including phenoxy) is 1. The van der Waals surface area contributed by atoms with E-state index >= 15 is 0 Å². The maximum atomic E-state index is 12.4. The van der Waals surface area contributed by atoms with Gasteiger partial charge in [0.15, 0.2) is 0 Å². The SMILES string of the molecule is CCCCC/C=C\CCCCCCCC(=O)OCCCCCCCCC/C=C\CCCCCCCC(=O)NC(CO)C(O)CCCCCCCCCCCCCCCC. The fourth-order valence-electron chi connectivity index (χ4n) is 7.92. The Kier molecular flexibility index (Phi) is 47.6. The number of allylic oxidation sites excluding steroid dienone is 4. The summed E-state index contributed by atoms with van der Waals surface area (Å²) in [4.78, 5) is 24.4. The normalized spacial score (nSPS) is 12.8. The summed E-state index contributed by atoms with van der Waals surface area (Å²) in [7, 11) is 0. The van der Waals surface area contributed by atoms with Crippen LogP contribution in [0.1, 0.15) is 277 Å². The van der Waals surface area contributed by atoms with E-state index in [1.807, 2.05) is 0 Å². The van der Waals surface area contributed by atoms with Crippen LogP contribution < -0.4 is 5.32 Å². The molecule has 0 rings (SSSR count). The molecule has 2 atom stereocenters. The summed E-state index contributed by atoms with van der Waals surface area (Å²) in [6.45, 7) is 4.90. The third kappa shape index (κ3) is 45.7. The van der Waals surface area contributed by atoms with Gasteiger partial charge in [-0.25, -0.2) is 0 Å². The van der Waals surface area contributed by atoms with Crippen molar-refractivity contribution in [1.29, 1.82) is 0 Å². The first-order valence-corrected chi connectivity index (χ1v) is 26.1. The minimum absolute atomic E-state index is 0.0131. The van der Waals surface area contributed by atoms with Crippen LogP contribution in [0, 0.1) is 0 Å². The van der Waals surface area contributed by atoms with E-state index in [0.717, 1.165) is 64.2 Å². The van der Waals surface area contributed by atoms with Crippen LogP contribution in [0.4, 0.5) is 0 Å². The van der Waals surface area contributed by atoms with Crippen molar-refractivity contribution < 1.29 is 24.5 Å². The highest BCUT2D eigenvalue weighted by Crippen LogP contribution is 2.16. The van der Waals surface area contributed by atoms with Gasteiger partial charge in [0.25, 0.3) is 0 Å². The van der Waals surface area contributed by atoms with Crippen LogP contribution in [-0.4, -0.2) is 47.4 Å². The largest absolute Gasteiger partial charge is 0.466 e. The predicted octanol–water partition coefficient (Wildman–Crippen LogP) is 15.5. The molecule has 6 nitrogen and oxygen atoms in total. The molecule has 2 unspecified atom stereocenters. The number of unbranched alkanes of at least 4 members (excludes halogenated alkanes) is 33. The number of rotatable bonds is 48. The van der Waals surface area contributed by atoms with E-state index in [2.05, 4.69) is 43.5 Å². The topological polar surface area (TPSA) is 95.9 Å². The molecule has 6 heteroatoms. The van der Waals surface area contributed by atoms with Gasteiger partial charge in [0, 0.05) is 12.8 Å². The van der Waals surface area contributed by atoms with E-state index in [-0.39, 0.29) is 18.5 Å². The number of aliphatic hydroxyl groups is 2. The molecule has 0 fully saturated rings. The molecule has 0 aliphatic carbocycles. The molecule has 0 aromatic heterocycles. The maximum Gasteiger partial charge on any atom is 0.305 e. The Balaban J connectivity index is 3.48. The molecule has 0 saturated carbocycles. The smallest absolute Gasteiger partial charge is 0.305 e. The fraction of sp³-hybridized carbons (Fsp3) is 0.887. The molecule has 0 aromatic rings. The van der Waals surface area contributed by atoms with Crippen LogP contribution >= 0.6 is 0 Å². The summed E-state index contributed by atoms with van der Waals surface area (Å²) in [6, 6.07) is -0.553. The minimum atomic E-state index is -0.674. The summed E-state index contributed by atoms with van der Waals surface area (Å²) in [5.74, 6) is -0.0653. The van der Waals surface area contributed by atoms with E-state index in [4.69, 9.17) is 4.74 Å². The van der Waals surface area contributed by atoms with Gasteiger partial charge in [-0.05, 0) is 77.0 Å². The van der Waals surface area contributed by atoms with Crippen LogP contribution in [0.25, 0.3) is 0 Å². The molecule has 0 radical (unpaired) electrons. The van der Waals surface area contributed by atoms with Gasteiger partial charge in [0.2, 0.25) is 5.91 Å². The molecule has 1 amide bonds. The molecule has 0 aliphatic heterocycles. The van der Waals surface area contributed by atoms with E-state index in [0.29, 0.717) is 25.9 Å². The molecule has 0 saturated heterocycles. The third-order valence-corrected chi connectivity index (χ3v) is 12.0. The van der Waals surface area contributed by atoms with Crippen molar-refractivity contribution in [2.75, 3.05) is 13.2 Å². The molecular weight excluding hydrogens is 731 g/mol. The second-order valence-electron chi connectivity index (χ2n) is 17.8. The molecule has 0 heterocycles. The van der Waals surface area contributed by atoms with Gasteiger partial charge in [-0.15, -0.1) is 0 Å². The van der Waals surface area contributed by atoms with Crippen LogP contribution in [0.15, 0.2) is 24.3 Å². The van der Waals surface area contributed by atoms with Crippen LogP contribution in [0.2, 0.25) is 0 Å². The molecule has 348 valence electrons. The van der Waals surface area contributed by atoms with Gasteiger partial charge >= 0.3 is 5.97 Å². The van der Waals surface area contributed by atoms with Gasteiger partial charge in [0.1, 0.15) is 0 Å². The number of hydrogen-bond donors (Lipinski definition) is 3. The summed E-state index contributed by atoms with van der Waals surface area (Å²) in [6.07, 6.45) is 57.2. The quantitative estimate of drug-likeness (QED) is 0.0322. The van der Waals surface area contributed by atoms with Gasteiger partial charge in [0.05, 0.1) is 25.4 Å². The second kappa shape index (κ2) is 49.0. The number of hydrogen-bond acceptors (Lipinski definition) is 5. The molecule has 0 spiro atoms. The Hall–Kier alpha value is -1.66. The first kappa shape index (κ1) is 57.3. The van der Waals surface area contributed by atoms with Crippen molar-refractivity contribution in [3.05, 3.63) is 24.3 Å². The third-order valence-electron chi connectivity index (χ3n) is 12.0. The Morgan fingerprint density at radius 2 is 0.797 bits per heavy atom. The Morgan fingerprint density at radius 3 is 1.24 bits per heavy atom. The van der Waals surface area contributed by atoms with Crippen molar-refractivity contribution in [3.8, 4) is 0 Å². The van der Waals surface area contributed by atoms with Crippen molar-refractivity contribution >= 4 is 11.9 Å². The summed E-state index contributed by atoms with van der Waals surface area (Å²) >= 11 is 0. The summed E-state index contributed by atoms with van der Waals surface area (Å²) in [5, 5.41) is 23.2. The van der Waals surface area contributed by atoms with Gasteiger partial charge in [-0.3, -0.25) is 9.59 Å². The van der Waals surface area contributed by atoms with Gasteiger partial charge in [-0.1, -0.05) is 212 Å². The Bertz CT molecular complexity index is 920. The van der Waals surface area contributed by atoms with Crippen molar-refractivity contribution in [3.63, 3.8) is 0 Å². The number of aliphatic hydroxyl groups excluding tert-OH is 2. The van der Waals surface area contributed by atoms with Crippen LogP contribution in [0.5, 0.6) is 0 Å². The predicted molar refractivity (Wildman–Crippen MR) is 255 cm³/mol. The van der Waals surface area contributed by atoms with Crippen LogP contribution in [-0.2, 0) is 14.3 Å². The highest BCUT2D eigenvalue weighted by atomic mass is 16.5. The lowest BCUT2D eigenvalue weighted by Gasteiger charge is -2.22. The average molecular weight is 832 g/mol. The van der Waals surface area contributed by atoms with Gasteiger partial charge < -0.3 is 20.3 Å². The second-order valence-corrected chi connectivity index (χ2v) is 17.8. The summed E-state index contributed by atoms with van der Waals surface area (Å²) in [5.41, 5.74) is 0. The average Bonchev–Trinajstić information content (AvgIpc) is 3.24. The Labute approximate surface area is 367 Å².